The Morgan fingerprint density at radius 1 is 0.380 bits per heavy atom. The Balaban J connectivity index is 0.662. The molecule has 2 aliphatic heterocycles. The van der Waals surface area contributed by atoms with Gasteiger partial charge in [0.15, 0.2) is 5.78 Å². The Morgan fingerprint density at radius 2 is 0.719 bits per heavy atom. The molecule has 7 aromatic carbocycles. The monoisotopic (exact) mass is 1710 g/mol. The highest BCUT2D eigenvalue weighted by Gasteiger charge is 2.35. The minimum Gasteiger partial charge on any atom is -0.491 e. The number of hydrogen-bond donors (Lipinski definition) is 3. The summed E-state index contributed by atoms with van der Waals surface area (Å²) in [5.74, 6) is -2.49. The molecule has 0 aliphatic carbocycles. The van der Waals surface area contributed by atoms with Crippen LogP contribution in [0.25, 0.3) is 43.1 Å². The number of hydrogen-bond acceptors (Lipinski definition) is 25. The fraction of sp³-hybridized carbons (Fsp3) is 0.613. The third-order valence-corrected chi connectivity index (χ3v) is 22.6. The van der Waals surface area contributed by atoms with Gasteiger partial charge in [0.25, 0.3) is 0 Å². The fourth-order valence-electron chi connectivity index (χ4n) is 15.5. The quantitative estimate of drug-likeness (QED) is 0.0138. The second kappa shape index (κ2) is 57.8. The molecule has 2 heterocycles. The van der Waals surface area contributed by atoms with Crippen LogP contribution >= 0.6 is 11.8 Å². The van der Waals surface area contributed by atoms with Crippen LogP contribution in [0.3, 0.4) is 0 Å². The molecule has 0 radical (unpaired) electrons. The van der Waals surface area contributed by atoms with Crippen LogP contribution in [0.5, 0.6) is 5.75 Å². The van der Waals surface area contributed by atoms with E-state index in [9.17, 15) is 24.3 Å². The number of Topliss-reactive ketones (excluding diaryl/α,β-unsaturated/α-hetero) is 1. The zero-order chi connectivity index (χ0) is 85.3. The van der Waals surface area contributed by atoms with E-state index in [0.29, 0.717) is 237 Å². The minimum absolute atomic E-state index is 0.141. The molecule has 0 spiro atoms. The summed E-state index contributed by atoms with van der Waals surface area (Å²) in [5, 5.41) is 25.5. The Labute approximate surface area is 719 Å². The summed E-state index contributed by atoms with van der Waals surface area (Å²) >= 11 is 1.53. The Hall–Kier alpha value is -6.69. The number of fused-ring (bicyclic) bond motifs is 2. The Kier molecular flexibility index (Phi) is 46.8. The van der Waals surface area contributed by atoms with Crippen molar-refractivity contribution < 1.29 is 110 Å². The zero-order valence-corrected chi connectivity index (χ0v) is 73.2. The van der Waals surface area contributed by atoms with Crippen LogP contribution < -0.4 is 15.4 Å². The van der Waals surface area contributed by atoms with Gasteiger partial charge in [-0.1, -0.05) is 113 Å². The number of thioether (sulfide) groups is 1. The lowest BCUT2D eigenvalue weighted by atomic mass is 9.82. The van der Waals surface area contributed by atoms with Gasteiger partial charge in [-0.3, -0.25) is 29.0 Å². The molecule has 28 heteroatoms. The number of carboxylic acid groups (broad SMARTS) is 1. The highest BCUT2D eigenvalue weighted by molar-refractivity contribution is 7.99. The van der Waals surface area contributed by atoms with Crippen LogP contribution in [0.2, 0.25) is 0 Å². The molecule has 27 nitrogen and oxygen atoms in total. The molecule has 3 unspecified atom stereocenters. The normalized spacial score (nSPS) is 13.9. The van der Waals surface area contributed by atoms with E-state index in [4.69, 9.17) is 85.3 Å². The topological polar surface area (TPSA) is 285 Å². The number of methoxy groups -OCH3 is 1. The maximum atomic E-state index is 15.0. The highest BCUT2D eigenvalue weighted by Crippen LogP contribution is 2.52. The summed E-state index contributed by atoms with van der Waals surface area (Å²) < 4.78 is 102. The number of ketones is 1. The van der Waals surface area contributed by atoms with E-state index >= 15 is 0 Å². The zero-order valence-electron chi connectivity index (χ0n) is 72.4. The van der Waals surface area contributed by atoms with E-state index in [1.165, 1.54) is 51.7 Å². The smallest absolute Gasteiger partial charge is 0.307 e. The molecule has 0 bridgehead atoms. The second-order valence-electron chi connectivity index (χ2n) is 30.0. The van der Waals surface area contributed by atoms with Crippen molar-refractivity contribution in [1.82, 2.24) is 20.4 Å². The predicted octanol–water partition coefficient (Wildman–Crippen LogP) is 11.3. The summed E-state index contributed by atoms with van der Waals surface area (Å²) in [6, 6.07) is 31.1. The molecule has 3 N–H and O–H groups in total. The van der Waals surface area contributed by atoms with E-state index < -0.39 is 41.6 Å². The summed E-state index contributed by atoms with van der Waals surface area (Å²) in [4.78, 5) is 61.7. The number of nitrogens with one attached hydrogen (secondary N) is 2. The first kappa shape index (κ1) is 98.1. The summed E-state index contributed by atoms with van der Waals surface area (Å²) in [6.07, 6.45) is 4.07. The van der Waals surface area contributed by atoms with Gasteiger partial charge in [0.1, 0.15) is 18.4 Å². The van der Waals surface area contributed by atoms with Gasteiger partial charge in [0, 0.05) is 85.5 Å². The maximum Gasteiger partial charge on any atom is 0.307 e. The lowest BCUT2D eigenvalue weighted by molar-refractivity contribution is -0.144. The van der Waals surface area contributed by atoms with Crippen LogP contribution in [-0.4, -0.2) is 300 Å². The van der Waals surface area contributed by atoms with Gasteiger partial charge in [-0.25, -0.2) is 0 Å². The number of carboxylic acids is 1. The molecule has 670 valence electrons. The molecule has 121 heavy (non-hydrogen) atoms. The van der Waals surface area contributed by atoms with Gasteiger partial charge in [0.2, 0.25) is 11.8 Å². The third-order valence-electron chi connectivity index (χ3n) is 21.5. The average Bonchev–Trinajstić information content (AvgIpc) is 0.688. The molecule has 0 fully saturated rings. The molecule has 0 saturated carbocycles. The molecule has 3 atom stereocenters. The van der Waals surface area contributed by atoms with Gasteiger partial charge in [-0.15, -0.1) is 11.8 Å². The van der Waals surface area contributed by atoms with Crippen molar-refractivity contribution in [2.45, 2.75) is 135 Å². The number of carbonyl (C=O) groups is 4. The predicted molar refractivity (Wildman–Crippen MR) is 467 cm³/mol. The van der Waals surface area contributed by atoms with E-state index in [2.05, 4.69) is 84.5 Å². The summed E-state index contributed by atoms with van der Waals surface area (Å²) in [5.41, 5.74) is 6.54. The van der Waals surface area contributed by atoms with Crippen LogP contribution in [0, 0.1) is 5.92 Å². The summed E-state index contributed by atoms with van der Waals surface area (Å²) in [7, 11) is 1.64. The van der Waals surface area contributed by atoms with Crippen molar-refractivity contribution in [1.29, 1.82) is 0 Å². The SMILES string of the molecule is CCC(CC)N1Cc2ccc3c4c(SCC(NC(C)=O)C(=O)NC(Cc5ccccc5)C(=O)CC(Cc5ccccc5)C(=O)O)cc5c6c(ccc(c7c(OCCOCCOCCOCCOCCOCCOCCOCCOCCOCCOCCOCCOCCOCCOCCOCCOCCOC)cc(c2c37)C1)c64)CN(C(CC)CC)C5. The standard InChI is InChI=1S/C93H134N4O23S/c1-7-77(8-2)96-64-72-22-24-80-89-85(121-68-82(94-69(5)98)92(100)95-81(60-71-19-15-12-16-20-71)83(99)61-74(93(101)102)59-70-17-13-11-14-18-70)63-76-67-97(78(9-3)10-4)65-73-21-23-79(91(89)87(73)76)88-84(62-75(66-96)86(72)90(80)88)120-58-57-119-56-55-118-54-53-117-52-51-116-50-49-115-48-47-114-46-45-113-44-43-112-42-41-111-40-39-110-38-37-109-36-35-108-34-33-107-32-31-106-30-29-105-28-27-104-26-25-103-6/h11-24,62-63,74,77-78,81-82H,7-10,25-61,64-68H2,1-6H3,(H,94,98)(H,95,100)(H,101,102). The largest absolute Gasteiger partial charge is 0.491 e. The minimum atomic E-state index is -1.09. The van der Waals surface area contributed by atoms with Crippen molar-refractivity contribution in [3.63, 3.8) is 0 Å². The van der Waals surface area contributed by atoms with Crippen molar-refractivity contribution >= 4 is 78.4 Å². The van der Waals surface area contributed by atoms with E-state index in [0.717, 1.165) is 106 Å². The number of carbonyl (C=O) groups excluding carboxylic acids is 3. The average molecular weight is 1710 g/mol. The molecule has 0 saturated heterocycles. The van der Waals surface area contributed by atoms with Gasteiger partial charge in [0.05, 0.1) is 230 Å². The number of benzene rings is 7. The van der Waals surface area contributed by atoms with Gasteiger partial charge >= 0.3 is 5.97 Å². The number of nitrogens with zero attached hydrogens (tertiary/aromatic N) is 2. The van der Waals surface area contributed by atoms with Gasteiger partial charge in [-0.05, 0) is 111 Å². The van der Waals surface area contributed by atoms with Crippen LogP contribution in [-0.2, 0) is 139 Å². The second-order valence-corrected chi connectivity index (χ2v) is 31.0. The molecule has 2 aliphatic rings. The number of ether oxygens (including phenoxy) is 18. The lowest BCUT2D eigenvalue weighted by Gasteiger charge is -2.37. The van der Waals surface area contributed by atoms with E-state index in [1.54, 1.807) is 7.11 Å². The molecule has 7 aromatic rings. The number of rotatable bonds is 72. The summed E-state index contributed by atoms with van der Waals surface area (Å²) in [6.45, 7) is 29.5. The van der Waals surface area contributed by atoms with Crippen molar-refractivity contribution in [3.05, 3.63) is 130 Å². The van der Waals surface area contributed by atoms with Gasteiger partial charge in [-0.2, -0.15) is 0 Å². The molecular weight excluding hydrogens is 1570 g/mol. The fourth-order valence-corrected chi connectivity index (χ4v) is 16.6. The molecule has 9 rings (SSSR count). The number of amides is 2. The van der Waals surface area contributed by atoms with Crippen molar-refractivity contribution in [2.24, 2.45) is 5.92 Å². The first-order valence-electron chi connectivity index (χ1n) is 43.6. The van der Waals surface area contributed by atoms with Crippen LogP contribution in [0.15, 0.2) is 102 Å². The van der Waals surface area contributed by atoms with Crippen molar-refractivity contribution in [2.75, 3.05) is 237 Å². The molecular formula is C93H134N4O23S. The molecule has 2 amide bonds. The van der Waals surface area contributed by atoms with E-state index in [1.807, 2.05) is 60.7 Å². The first-order chi connectivity index (χ1) is 59.4. The molecule has 0 aromatic heterocycles. The van der Waals surface area contributed by atoms with E-state index in [-0.39, 0.29) is 25.0 Å². The third kappa shape index (κ3) is 33.3. The Morgan fingerprint density at radius 3 is 1.08 bits per heavy atom. The first-order valence-corrected chi connectivity index (χ1v) is 44.5. The van der Waals surface area contributed by atoms with Crippen molar-refractivity contribution in [3.8, 4) is 5.75 Å². The Bertz CT molecular complexity index is 4070. The van der Waals surface area contributed by atoms with Crippen LogP contribution in [0.1, 0.15) is 100 Å². The van der Waals surface area contributed by atoms with Crippen LogP contribution in [0.4, 0.5) is 0 Å². The number of aliphatic carboxylic acids is 1. The van der Waals surface area contributed by atoms with Gasteiger partial charge < -0.3 is 101 Å². The highest BCUT2D eigenvalue weighted by atomic mass is 32.2. The maximum absolute atomic E-state index is 15.0. The lowest BCUT2D eigenvalue weighted by Crippen LogP contribution is -2.53.